The van der Waals surface area contributed by atoms with Crippen LogP contribution >= 0.6 is 0 Å². The van der Waals surface area contributed by atoms with Crippen LogP contribution in [0, 0.1) is 13.8 Å². The Morgan fingerprint density at radius 1 is 1.19 bits per heavy atom. The number of ether oxygens (including phenoxy) is 2. The van der Waals surface area contributed by atoms with E-state index in [-0.39, 0.29) is 23.9 Å². The van der Waals surface area contributed by atoms with Crippen LogP contribution in [0.25, 0.3) is 0 Å². The summed E-state index contributed by atoms with van der Waals surface area (Å²) in [6, 6.07) is -0.508. The molecule has 9 nitrogen and oxygen atoms in total. The molecule has 0 unspecified atom stereocenters. The van der Waals surface area contributed by atoms with Gasteiger partial charge in [-0.3, -0.25) is 10.1 Å². The van der Waals surface area contributed by atoms with E-state index in [1.54, 1.807) is 20.8 Å². The van der Waals surface area contributed by atoms with Gasteiger partial charge in [-0.15, -0.1) is 0 Å². The second kappa shape index (κ2) is 8.03. The minimum absolute atomic E-state index is 0.104. The Kier molecular flexibility index (Phi) is 6.01. The van der Waals surface area contributed by atoms with Crippen LogP contribution in [0.4, 0.5) is 4.79 Å². The van der Waals surface area contributed by atoms with Crippen LogP contribution in [-0.2, 0) is 14.3 Å². The first-order valence-corrected chi connectivity index (χ1v) is 8.43. The molecule has 0 spiro atoms. The van der Waals surface area contributed by atoms with Gasteiger partial charge in [0.25, 0.3) is 5.91 Å². The lowest BCUT2D eigenvalue weighted by molar-refractivity contribution is -0.127. The number of rotatable bonds is 6. The molecule has 9 heteroatoms. The Morgan fingerprint density at radius 3 is 2.42 bits per heavy atom. The first kappa shape index (κ1) is 19.5. The van der Waals surface area contributed by atoms with Crippen molar-refractivity contribution in [2.24, 2.45) is 0 Å². The molecule has 3 N–H and O–H groups in total. The Bertz CT molecular complexity index is 735. The van der Waals surface area contributed by atoms with E-state index in [2.05, 4.69) is 15.6 Å². The summed E-state index contributed by atoms with van der Waals surface area (Å²) in [5, 5.41) is 4.73. The van der Waals surface area contributed by atoms with Crippen LogP contribution in [0.5, 0.6) is 0 Å². The molecule has 0 aliphatic heterocycles. The number of esters is 2. The summed E-state index contributed by atoms with van der Waals surface area (Å²) in [6.07, 6.45) is 0.606. The molecule has 0 radical (unpaired) electrons. The Hall–Kier alpha value is -2.84. The van der Waals surface area contributed by atoms with Crippen molar-refractivity contribution in [2.45, 2.75) is 52.7 Å². The molecule has 0 aromatic carbocycles. The summed E-state index contributed by atoms with van der Waals surface area (Å²) < 4.78 is 10.1. The summed E-state index contributed by atoms with van der Waals surface area (Å²) in [5.41, 5.74) is 1.13. The molecule has 1 atom stereocenters. The lowest BCUT2D eigenvalue weighted by atomic mass is 10.1. The zero-order valence-corrected chi connectivity index (χ0v) is 15.2. The lowest BCUT2D eigenvalue weighted by Crippen LogP contribution is -2.45. The molecule has 2 rings (SSSR count). The third kappa shape index (κ3) is 4.62. The molecule has 1 aromatic rings. The number of aryl methyl sites for hydroxylation is 1. The van der Waals surface area contributed by atoms with Gasteiger partial charge < -0.3 is 19.8 Å². The zero-order chi connectivity index (χ0) is 19.4. The van der Waals surface area contributed by atoms with Crippen LogP contribution < -0.4 is 10.6 Å². The van der Waals surface area contributed by atoms with Gasteiger partial charge in [-0.05, 0) is 46.1 Å². The number of aromatic nitrogens is 1. The van der Waals surface area contributed by atoms with Crippen LogP contribution in [0.3, 0.4) is 0 Å². The van der Waals surface area contributed by atoms with Crippen LogP contribution in [0.2, 0.25) is 0 Å². The van der Waals surface area contributed by atoms with E-state index in [1.807, 2.05) is 0 Å². The number of nitrogens with one attached hydrogen (secondary N) is 3. The lowest BCUT2D eigenvalue weighted by Gasteiger charge is -2.13. The Balaban J connectivity index is 2.00. The number of amides is 3. The van der Waals surface area contributed by atoms with Crippen molar-refractivity contribution in [1.82, 2.24) is 15.6 Å². The van der Waals surface area contributed by atoms with Gasteiger partial charge in [0.1, 0.15) is 5.69 Å². The number of hydrogen-bond acceptors (Lipinski definition) is 6. The van der Waals surface area contributed by atoms with Crippen molar-refractivity contribution in [3.05, 3.63) is 22.5 Å². The van der Waals surface area contributed by atoms with Gasteiger partial charge in [0.2, 0.25) is 0 Å². The number of carbonyl (C=O) groups excluding carboxylic acids is 4. The molecule has 26 heavy (non-hydrogen) atoms. The van der Waals surface area contributed by atoms with Gasteiger partial charge in [-0.2, -0.15) is 0 Å². The summed E-state index contributed by atoms with van der Waals surface area (Å²) in [6.45, 7) is 6.44. The Morgan fingerprint density at radius 2 is 1.85 bits per heavy atom. The molecular weight excluding hydrogens is 342 g/mol. The van der Waals surface area contributed by atoms with E-state index in [9.17, 15) is 19.2 Å². The molecule has 142 valence electrons. The molecule has 1 saturated carbocycles. The van der Waals surface area contributed by atoms with E-state index in [0.29, 0.717) is 11.3 Å². The largest absolute Gasteiger partial charge is 0.461 e. The molecule has 0 bridgehead atoms. The van der Waals surface area contributed by atoms with E-state index in [4.69, 9.17) is 9.47 Å². The number of carbonyl (C=O) groups is 4. The fourth-order valence-corrected chi connectivity index (χ4v) is 2.40. The molecule has 3 amide bonds. The van der Waals surface area contributed by atoms with Crippen LogP contribution in [0.15, 0.2) is 0 Å². The topological polar surface area (TPSA) is 127 Å². The maximum Gasteiger partial charge on any atom is 0.355 e. The van der Waals surface area contributed by atoms with Crippen LogP contribution in [-0.4, -0.2) is 47.6 Å². The SMILES string of the molecule is CCOC(=O)c1[nH]c(C)c(C(=O)O[C@H](C)C(=O)NC(=O)NC2CC2)c1C. The standard InChI is InChI=1S/C17H23N3O6/c1-5-25-16(23)13-8(2)12(9(3)18-13)15(22)26-10(4)14(21)20-17(24)19-11-6-7-11/h10-11,18H,5-7H2,1-4H3,(H2,19,20,21,24)/t10-/m1/s1. The van der Waals surface area contributed by atoms with Gasteiger partial charge in [-0.1, -0.05) is 0 Å². The van der Waals surface area contributed by atoms with E-state index in [0.717, 1.165) is 12.8 Å². The maximum atomic E-state index is 12.4. The highest BCUT2D eigenvalue weighted by molar-refractivity contribution is 6.01. The van der Waals surface area contributed by atoms with Crippen molar-refractivity contribution in [2.75, 3.05) is 6.61 Å². The molecule has 1 heterocycles. The first-order chi connectivity index (χ1) is 12.2. The fourth-order valence-electron chi connectivity index (χ4n) is 2.40. The van der Waals surface area contributed by atoms with E-state index in [1.165, 1.54) is 6.92 Å². The van der Waals surface area contributed by atoms with Gasteiger partial charge in [0, 0.05) is 11.7 Å². The summed E-state index contributed by atoms with van der Waals surface area (Å²) >= 11 is 0. The van der Waals surface area contributed by atoms with Gasteiger partial charge in [0.05, 0.1) is 12.2 Å². The number of hydrogen-bond donors (Lipinski definition) is 3. The highest BCUT2D eigenvalue weighted by atomic mass is 16.5. The number of urea groups is 1. The van der Waals surface area contributed by atoms with E-state index >= 15 is 0 Å². The highest BCUT2D eigenvalue weighted by Gasteiger charge is 2.28. The predicted molar refractivity (Wildman–Crippen MR) is 90.8 cm³/mol. The van der Waals surface area contributed by atoms with E-state index < -0.39 is 30.0 Å². The molecule has 1 fully saturated rings. The molecule has 1 aliphatic rings. The van der Waals surface area contributed by atoms with Gasteiger partial charge in [-0.25, -0.2) is 14.4 Å². The normalized spacial score (nSPS) is 14.3. The Labute approximate surface area is 150 Å². The molecular formula is C17H23N3O6. The second-order valence-corrected chi connectivity index (χ2v) is 6.13. The molecule has 0 saturated heterocycles. The monoisotopic (exact) mass is 365 g/mol. The van der Waals surface area contributed by atoms with Gasteiger partial charge in [0.15, 0.2) is 6.10 Å². The predicted octanol–water partition coefficient (Wildman–Crippen LogP) is 1.34. The maximum absolute atomic E-state index is 12.4. The molecule has 1 aliphatic carbocycles. The third-order valence-corrected chi connectivity index (χ3v) is 3.92. The number of aromatic amines is 1. The minimum Gasteiger partial charge on any atom is -0.461 e. The summed E-state index contributed by atoms with van der Waals surface area (Å²) in [4.78, 5) is 50.6. The van der Waals surface area contributed by atoms with Crippen molar-refractivity contribution in [3.8, 4) is 0 Å². The quantitative estimate of drug-likeness (QED) is 0.653. The van der Waals surface area contributed by atoms with Crippen molar-refractivity contribution < 1.29 is 28.7 Å². The fraction of sp³-hybridized carbons (Fsp3) is 0.529. The highest BCUT2D eigenvalue weighted by Crippen LogP contribution is 2.20. The number of imide groups is 1. The second-order valence-electron chi connectivity index (χ2n) is 6.13. The summed E-state index contributed by atoms with van der Waals surface area (Å²) in [7, 11) is 0. The smallest absolute Gasteiger partial charge is 0.355 e. The van der Waals surface area contributed by atoms with Crippen molar-refractivity contribution >= 4 is 23.9 Å². The van der Waals surface area contributed by atoms with Gasteiger partial charge >= 0.3 is 18.0 Å². The molecule has 1 aromatic heterocycles. The van der Waals surface area contributed by atoms with Crippen molar-refractivity contribution in [3.63, 3.8) is 0 Å². The first-order valence-electron chi connectivity index (χ1n) is 8.43. The minimum atomic E-state index is -1.17. The third-order valence-electron chi connectivity index (χ3n) is 3.92. The number of H-pyrrole nitrogens is 1. The van der Waals surface area contributed by atoms with Crippen LogP contribution in [0.1, 0.15) is 58.8 Å². The zero-order valence-electron chi connectivity index (χ0n) is 15.2. The average Bonchev–Trinajstić information content (AvgIpc) is 3.30. The average molecular weight is 365 g/mol. The summed E-state index contributed by atoms with van der Waals surface area (Å²) in [5.74, 6) is -2.07. The van der Waals surface area contributed by atoms with Crippen molar-refractivity contribution in [1.29, 1.82) is 0 Å².